The molecule has 0 saturated carbocycles. The van der Waals surface area contributed by atoms with Gasteiger partial charge in [-0.1, -0.05) is 11.6 Å². The summed E-state index contributed by atoms with van der Waals surface area (Å²) in [6.07, 6.45) is -4.83. The van der Waals surface area contributed by atoms with Crippen LogP contribution in [-0.4, -0.2) is 48.9 Å². The summed E-state index contributed by atoms with van der Waals surface area (Å²) in [7, 11) is 5.71. The molecule has 0 bridgehead atoms. The second-order valence-electron chi connectivity index (χ2n) is 7.52. The Labute approximate surface area is 213 Å². The number of hydrogen-bond acceptors (Lipinski definition) is 7. The smallest absolute Gasteiger partial charge is 0.433 e. The van der Waals surface area contributed by atoms with Crippen LogP contribution in [0.2, 0.25) is 5.02 Å². The van der Waals surface area contributed by atoms with Gasteiger partial charge >= 0.3 is 6.18 Å². The molecule has 194 valence electrons. The van der Waals surface area contributed by atoms with E-state index in [1.807, 2.05) is 0 Å². The lowest BCUT2D eigenvalue weighted by atomic mass is 10.1. The predicted octanol–water partition coefficient (Wildman–Crippen LogP) is 5.36. The van der Waals surface area contributed by atoms with Gasteiger partial charge in [-0.25, -0.2) is 9.50 Å². The zero-order valence-electron chi connectivity index (χ0n) is 19.9. The van der Waals surface area contributed by atoms with Gasteiger partial charge in [0.15, 0.2) is 40.0 Å². The van der Waals surface area contributed by atoms with Gasteiger partial charge in [-0.2, -0.15) is 18.3 Å². The maximum absolute atomic E-state index is 14.0. The van der Waals surface area contributed by atoms with Crippen LogP contribution in [0, 0.1) is 0 Å². The lowest BCUT2D eigenvalue weighted by Crippen LogP contribution is -2.16. The van der Waals surface area contributed by atoms with E-state index in [4.69, 9.17) is 30.5 Å². The quantitative estimate of drug-likeness (QED) is 0.340. The Morgan fingerprint density at radius 3 is 2.08 bits per heavy atom. The van der Waals surface area contributed by atoms with Gasteiger partial charge in [0, 0.05) is 17.3 Å². The summed E-state index contributed by atoms with van der Waals surface area (Å²) in [5.41, 5.74) is -1.44. The molecule has 0 spiro atoms. The van der Waals surface area contributed by atoms with E-state index in [0.29, 0.717) is 33.1 Å². The Bertz CT molecular complexity index is 1490. The fourth-order valence-electron chi connectivity index (χ4n) is 3.59. The number of carbonyl (C=O) groups excluding carboxylic acids is 1. The van der Waals surface area contributed by atoms with Crippen molar-refractivity contribution in [2.24, 2.45) is 0 Å². The van der Waals surface area contributed by atoms with Gasteiger partial charge in [-0.15, -0.1) is 0 Å². The van der Waals surface area contributed by atoms with Gasteiger partial charge in [0.2, 0.25) is 0 Å². The fourth-order valence-corrected chi connectivity index (χ4v) is 3.83. The zero-order valence-corrected chi connectivity index (χ0v) is 20.7. The monoisotopic (exact) mass is 536 g/mol. The van der Waals surface area contributed by atoms with E-state index in [1.54, 1.807) is 6.07 Å². The van der Waals surface area contributed by atoms with Crippen LogP contribution in [0.4, 0.5) is 18.9 Å². The lowest BCUT2D eigenvalue weighted by Gasteiger charge is -2.12. The molecule has 0 aliphatic heterocycles. The molecule has 9 nitrogen and oxygen atoms in total. The van der Waals surface area contributed by atoms with Crippen LogP contribution in [0.5, 0.6) is 23.0 Å². The molecule has 2 aromatic heterocycles. The van der Waals surface area contributed by atoms with Gasteiger partial charge in [0.05, 0.1) is 34.1 Å². The number of alkyl halides is 3. The highest BCUT2D eigenvalue weighted by Crippen LogP contribution is 2.37. The molecule has 0 aliphatic carbocycles. The molecule has 13 heteroatoms. The summed E-state index contributed by atoms with van der Waals surface area (Å²) in [6.45, 7) is 0. The van der Waals surface area contributed by atoms with E-state index in [9.17, 15) is 18.0 Å². The van der Waals surface area contributed by atoms with Crippen molar-refractivity contribution in [2.75, 3.05) is 33.8 Å². The molecule has 0 saturated heterocycles. The number of fused-ring (bicyclic) bond motifs is 1. The van der Waals surface area contributed by atoms with Crippen molar-refractivity contribution in [3.8, 4) is 34.3 Å². The third-order valence-electron chi connectivity index (χ3n) is 5.36. The third kappa shape index (κ3) is 4.92. The second kappa shape index (κ2) is 10.1. The third-order valence-corrected chi connectivity index (χ3v) is 5.71. The van der Waals surface area contributed by atoms with Gasteiger partial charge in [0.25, 0.3) is 5.91 Å². The highest BCUT2D eigenvalue weighted by atomic mass is 35.5. The first-order valence-electron chi connectivity index (χ1n) is 10.5. The molecule has 0 atom stereocenters. The standard InChI is InChI=1S/C24H20ClF3N4O5/c1-34-15-7-5-12(9-17(15)36-3)14-11-19(24(26,27)28)32-22(30-14)20(25)21(31-32)23(33)29-13-6-8-16(35-2)18(10-13)37-4/h5-11H,1-4H3,(H,29,33). The largest absolute Gasteiger partial charge is 0.493 e. The minimum atomic E-state index is -4.83. The number of methoxy groups -OCH3 is 4. The number of aromatic nitrogens is 3. The van der Waals surface area contributed by atoms with Crippen molar-refractivity contribution in [2.45, 2.75) is 6.18 Å². The topological polar surface area (TPSA) is 96.2 Å². The van der Waals surface area contributed by atoms with Crippen LogP contribution in [0.25, 0.3) is 16.9 Å². The Hall–Kier alpha value is -4.19. The molecule has 1 N–H and O–H groups in total. The predicted molar refractivity (Wildman–Crippen MR) is 129 cm³/mol. The van der Waals surface area contributed by atoms with E-state index in [0.717, 1.165) is 6.07 Å². The number of amides is 1. The van der Waals surface area contributed by atoms with Crippen LogP contribution < -0.4 is 24.3 Å². The summed E-state index contributed by atoms with van der Waals surface area (Å²) in [5.74, 6) is 0.600. The Kier molecular flexibility index (Phi) is 7.03. The molecule has 4 rings (SSSR count). The van der Waals surface area contributed by atoms with E-state index in [1.165, 1.54) is 58.8 Å². The average Bonchev–Trinajstić information content (AvgIpc) is 3.23. The molecule has 1 amide bonds. The molecule has 4 aromatic rings. The maximum atomic E-state index is 14.0. The highest BCUT2D eigenvalue weighted by molar-refractivity contribution is 6.37. The van der Waals surface area contributed by atoms with Gasteiger partial charge in [0.1, 0.15) is 5.02 Å². The second-order valence-corrected chi connectivity index (χ2v) is 7.89. The number of nitrogens with one attached hydrogen (secondary N) is 1. The van der Waals surface area contributed by atoms with Crippen LogP contribution in [-0.2, 0) is 6.18 Å². The summed E-state index contributed by atoms with van der Waals surface area (Å²) in [6, 6.07) is 9.91. The number of halogens is 4. The van der Waals surface area contributed by atoms with Crippen molar-refractivity contribution in [3.05, 3.63) is 58.9 Å². The number of ether oxygens (including phenoxy) is 4. The van der Waals surface area contributed by atoms with Crippen molar-refractivity contribution in [3.63, 3.8) is 0 Å². The molecule has 2 aromatic carbocycles. The number of nitrogens with zero attached hydrogens (tertiary/aromatic N) is 3. The Morgan fingerprint density at radius 2 is 1.49 bits per heavy atom. The van der Waals surface area contributed by atoms with Crippen molar-refractivity contribution in [1.29, 1.82) is 0 Å². The molecule has 0 fully saturated rings. The van der Waals surface area contributed by atoms with Gasteiger partial charge in [-0.05, 0) is 36.4 Å². The van der Waals surface area contributed by atoms with Gasteiger partial charge < -0.3 is 24.3 Å². The van der Waals surface area contributed by atoms with Gasteiger partial charge in [-0.3, -0.25) is 4.79 Å². The van der Waals surface area contributed by atoms with Crippen LogP contribution in [0.15, 0.2) is 42.5 Å². The lowest BCUT2D eigenvalue weighted by molar-refractivity contribution is -0.142. The fraction of sp³-hybridized carbons (Fsp3) is 0.208. The van der Waals surface area contributed by atoms with E-state index in [-0.39, 0.29) is 22.1 Å². The van der Waals surface area contributed by atoms with Crippen molar-refractivity contribution in [1.82, 2.24) is 14.6 Å². The summed E-state index contributed by atoms with van der Waals surface area (Å²) < 4.78 is 63.3. The maximum Gasteiger partial charge on any atom is 0.433 e. The van der Waals surface area contributed by atoms with Crippen LogP contribution in [0.3, 0.4) is 0 Å². The SMILES string of the molecule is COc1ccc(NC(=O)c2nn3c(C(F)(F)F)cc(-c4ccc(OC)c(OC)c4)nc3c2Cl)cc1OC. The van der Waals surface area contributed by atoms with E-state index < -0.39 is 23.5 Å². The van der Waals surface area contributed by atoms with Crippen LogP contribution in [0.1, 0.15) is 16.2 Å². The molecule has 0 unspecified atom stereocenters. The summed E-state index contributed by atoms with van der Waals surface area (Å²) in [4.78, 5) is 17.2. The summed E-state index contributed by atoms with van der Waals surface area (Å²) >= 11 is 6.35. The highest BCUT2D eigenvalue weighted by Gasteiger charge is 2.37. The first-order valence-corrected chi connectivity index (χ1v) is 10.9. The minimum absolute atomic E-state index is 0.0607. The summed E-state index contributed by atoms with van der Waals surface area (Å²) in [5, 5.41) is 6.02. The molecule has 0 radical (unpaired) electrons. The number of carbonyl (C=O) groups is 1. The zero-order chi connectivity index (χ0) is 26.9. The Balaban J connectivity index is 1.81. The van der Waals surface area contributed by atoms with Crippen molar-refractivity contribution < 1.29 is 36.9 Å². The van der Waals surface area contributed by atoms with E-state index >= 15 is 0 Å². The molecule has 0 aliphatic rings. The minimum Gasteiger partial charge on any atom is -0.493 e. The van der Waals surface area contributed by atoms with Crippen molar-refractivity contribution >= 4 is 28.8 Å². The number of hydrogen-bond donors (Lipinski definition) is 1. The van der Waals surface area contributed by atoms with Crippen LogP contribution >= 0.6 is 11.6 Å². The average molecular weight is 537 g/mol. The molecular weight excluding hydrogens is 517 g/mol. The Morgan fingerprint density at radius 1 is 0.892 bits per heavy atom. The molecule has 37 heavy (non-hydrogen) atoms. The van der Waals surface area contributed by atoms with E-state index in [2.05, 4.69) is 15.4 Å². The molecular formula is C24H20ClF3N4O5. The normalized spacial score (nSPS) is 11.4. The number of rotatable bonds is 7. The number of benzene rings is 2. The first kappa shape index (κ1) is 25.9. The number of anilines is 1. The first-order chi connectivity index (χ1) is 17.6. The molecule has 2 heterocycles.